The van der Waals surface area contributed by atoms with Crippen molar-refractivity contribution in [2.45, 2.75) is 38.0 Å². The van der Waals surface area contributed by atoms with E-state index in [1.165, 1.54) is 11.1 Å². The van der Waals surface area contributed by atoms with Crippen molar-refractivity contribution in [2.75, 3.05) is 6.61 Å². The van der Waals surface area contributed by atoms with Gasteiger partial charge in [0.05, 0.1) is 24.7 Å². The number of hydrogen-bond acceptors (Lipinski definition) is 2. The molecular formula is C14H17ClO2. The van der Waals surface area contributed by atoms with Crippen molar-refractivity contribution in [1.82, 2.24) is 0 Å². The molecule has 0 spiro atoms. The smallest absolute Gasteiger partial charge is 0.0850 e. The highest BCUT2D eigenvalue weighted by atomic mass is 35.5. The molecule has 0 aliphatic carbocycles. The summed E-state index contributed by atoms with van der Waals surface area (Å²) in [6.07, 6.45) is 1.26. The molecule has 2 heterocycles. The fourth-order valence-electron chi connectivity index (χ4n) is 2.64. The highest BCUT2D eigenvalue weighted by Gasteiger charge is 2.32. The van der Waals surface area contributed by atoms with Gasteiger partial charge in [-0.3, -0.25) is 0 Å². The largest absolute Gasteiger partial charge is 0.376 e. The van der Waals surface area contributed by atoms with E-state index in [0.717, 1.165) is 25.2 Å². The van der Waals surface area contributed by atoms with Crippen LogP contribution in [0.4, 0.5) is 0 Å². The van der Waals surface area contributed by atoms with Gasteiger partial charge in [-0.05, 0) is 29.0 Å². The van der Waals surface area contributed by atoms with Gasteiger partial charge < -0.3 is 9.47 Å². The quantitative estimate of drug-likeness (QED) is 0.751. The molecule has 1 aromatic rings. The van der Waals surface area contributed by atoms with Gasteiger partial charge in [0, 0.05) is 6.61 Å². The van der Waals surface area contributed by atoms with E-state index in [9.17, 15) is 0 Å². The third-order valence-electron chi connectivity index (χ3n) is 3.80. The number of halogens is 1. The molecule has 1 saturated heterocycles. The van der Waals surface area contributed by atoms with E-state index in [4.69, 9.17) is 21.1 Å². The number of ether oxygens (including phenoxy) is 2. The minimum Gasteiger partial charge on any atom is -0.376 e. The van der Waals surface area contributed by atoms with Gasteiger partial charge in [0.2, 0.25) is 0 Å². The molecule has 0 aromatic heterocycles. The lowest BCUT2D eigenvalue weighted by Crippen LogP contribution is -2.19. The number of benzene rings is 1. The van der Waals surface area contributed by atoms with Gasteiger partial charge >= 0.3 is 0 Å². The van der Waals surface area contributed by atoms with E-state index in [1.807, 2.05) is 0 Å². The van der Waals surface area contributed by atoms with Crippen LogP contribution in [0.15, 0.2) is 18.2 Å². The first-order valence-electron chi connectivity index (χ1n) is 6.21. The standard InChI is InChI=1S/C14H17ClO2/c1-9-4-5-17-14(9)13(15)10-2-3-11-7-16-8-12(11)6-10/h2-3,6,9,13-14H,4-5,7-8H2,1H3. The van der Waals surface area contributed by atoms with E-state index in [-0.39, 0.29) is 11.5 Å². The Hall–Kier alpha value is -0.570. The first kappa shape index (κ1) is 11.5. The zero-order chi connectivity index (χ0) is 11.8. The lowest BCUT2D eigenvalue weighted by atomic mass is 9.95. The Morgan fingerprint density at radius 2 is 2.12 bits per heavy atom. The average Bonchev–Trinajstić information content (AvgIpc) is 2.95. The first-order valence-corrected chi connectivity index (χ1v) is 6.64. The lowest BCUT2D eigenvalue weighted by Gasteiger charge is -2.21. The van der Waals surface area contributed by atoms with Crippen LogP contribution in [-0.4, -0.2) is 12.7 Å². The third kappa shape index (κ3) is 2.10. The fourth-order valence-corrected chi connectivity index (χ4v) is 3.10. The summed E-state index contributed by atoms with van der Waals surface area (Å²) in [6, 6.07) is 6.42. The van der Waals surface area contributed by atoms with Crippen LogP contribution in [-0.2, 0) is 22.7 Å². The summed E-state index contributed by atoms with van der Waals surface area (Å²) in [5.41, 5.74) is 3.73. The first-order chi connectivity index (χ1) is 8.25. The summed E-state index contributed by atoms with van der Waals surface area (Å²) in [7, 11) is 0. The maximum atomic E-state index is 6.54. The Balaban J connectivity index is 1.83. The van der Waals surface area contributed by atoms with Gasteiger partial charge in [0.15, 0.2) is 0 Å². The molecule has 1 aromatic carbocycles. The molecule has 3 heteroatoms. The third-order valence-corrected chi connectivity index (χ3v) is 4.30. The molecule has 2 aliphatic heterocycles. The Kier molecular flexibility index (Phi) is 3.12. The van der Waals surface area contributed by atoms with Gasteiger partial charge in [-0.2, -0.15) is 0 Å². The second kappa shape index (κ2) is 4.60. The van der Waals surface area contributed by atoms with Gasteiger partial charge in [0.1, 0.15) is 0 Å². The van der Waals surface area contributed by atoms with Crippen molar-refractivity contribution in [3.8, 4) is 0 Å². The van der Waals surface area contributed by atoms with Crippen molar-refractivity contribution in [3.05, 3.63) is 34.9 Å². The van der Waals surface area contributed by atoms with Crippen LogP contribution in [0.25, 0.3) is 0 Å². The molecule has 0 saturated carbocycles. The normalized spacial score (nSPS) is 29.3. The van der Waals surface area contributed by atoms with E-state index < -0.39 is 0 Å². The second-order valence-corrected chi connectivity index (χ2v) is 5.49. The molecule has 0 bridgehead atoms. The van der Waals surface area contributed by atoms with E-state index >= 15 is 0 Å². The summed E-state index contributed by atoms with van der Waals surface area (Å²) in [4.78, 5) is 0. The Morgan fingerprint density at radius 3 is 2.88 bits per heavy atom. The van der Waals surface area contributed by atoms with Gasteiger partial charge in [0.25, 0.3) is 0 Å². The lowest BCUT2D eigenvalue weighted by molar-refractivity contribution is 0.0903. The van der Waals surface area contributed by atoms with Gasteiger partial charge in [-0.15, -0.1) is 11.6 Å². The molecule has 0 amide bonds. The molecule has 2 nitrogen and oxygen atoms in total. The van der Waals surface area contributed by atoms with Crippen molar-refractivity contribution in [3.63, 3.8) is 0 Å². The molecule has 17 heavy (non-hydrogen) atoms. The molecule has 3 atom stereocenters. The topological polar surface area (TPSA) is 18.5 Å². The van der Waals surface area contributed by atoms with E-state index in [1.54, 1.807) is 0 Å². The maximum Gasteiger partial charge on any atom is 0.0850 e. The van der Waals surface area contributed by atoms with Crippen molar-refractivity contribution in [2.24, 2.45) is 5.92 Å². The van der Waals surface area contributed by atoms with Crippen LogP contribution in [0.5, 0.6) is 0 Å². The summed E-state index contributed by atoms with van der Waals surface area (Å²) in [5, 5.41) is -0.0431. The number of alkyl halides is 1. The SMILES string of the molecule is CC1CCOC1C(Cl)c1ccc2c(c1)COC2. The summed E-state index contributed by atoms with van der Waals surface area (Å²) >= 11 is 6.54. The highest BCUT2D eigenvalue weighted by Crippen LogP contribution is 2.37. The van der Waals surface area contributed by atoms with Crippen LogP contribution >= 0.6 is 11.6 Å². The van der Waals surface area contributed by atoms with Crippen LogP contribution in [0.2, 0.25) is 0 Å². The van der Waals surface area contributed by atoms with Crippen LogP contribution in [0.3, 0.4) is 0 Å². The molecule has 2 aliphatic rings. The summed E-state index contributed by atoms with van der Waals surface area (Å²) in [5.74, 6) is 0.544. The number of hydrogen-bond donors (Lipinski definition) is 0. The number of rotatable bonds is 2. The molecule has 3 rings (SSSR count). The number of fused-ring (bicyclic) bond motifs is 1. The molecule has 92 valence electrons. The molecule has 1 fully saturated rings. The van der Waals surface area contributed by atoms with E-state index in [2.05, 4.69) is 25.1 Å². The maximum absolute atomic E-state index is 6.54. The Morgan fingerprint density at radius 1 is 1.29 bits per heavy atom. The minimum absolute atomic E-state index is 0.0431. The van der Waals surface area contributed by atoms with Crippen molar-refractivity contribution in [1.29, 1.82) is 0 Å². The van der Waals surface area contributed by atoms with Crippen LogP contribution in [0, 0.1) is 5.92 Å². The van der Waals surface area contributed by atoms with Gasteiger partial charge in [-0.1, -0.05) is 25.1 Å². The zero-order valence-electron chi connectivity index (χ0n) is 9.99. The molecular weight excluding hydrogens is 236 g/mol. The Labute approximate surface area is 107 Å². The highest BCUT2D eigenvalue weighted by molar-refractivity contribution is 6.21. The second-order valence-electron chi connectivity index (χ2n) is 5.02. The van der Waals surface area contributed by atoms with Crippen molar-refractivity contribution >= 4 is 11.6 Å². The van der Waals surface area contributed by atoms with Gasteiger partial charge in [-0.25, -0.2) is 0 Å². The summed E-state index contributed by atoms with van der Waals surface area (Å²) < 4.78 is 11.2. The molecule has 3 unspecified atom stereocenters. The summed E-state index contributed by atoms with van der Waals surface area (Å²) in [6.45, 7) is 4.50. The molecule has 0 radical (unpaired) electrons. The van der Waals surface area contributed by atoms with Crippen molar-refractivity contribution < 1.29 is 9.47 Å². The minimum atomic E-state index is -0.0431. The predicted molar refractivity (Wildman–Crippen MR) is 67.1 cm³/mol. The van der Waals surface area contributed by atoms with E-state index in [0.29, 0.717) is 12.5 Å². The predicted octanol–water partition coefficient (Wildman–Crippen LogP) is 3.42. The average molecular weight is 253 g/mol. The Bertz CT molecular complexity index is 419. The van der Waals surface area contributed by atoms with Crippen LogP contribution < -0.4 is 0 Å². The molecule has 0 N–H and O–H groups in total. The fraction of sp³-hybridized carbons (Fsp3) is 0.571. The monoisotopic (exact) mass is 252 g/mol. The van der Waals surface area contributed by atoms with Crippen LogP contribution in [0.1, 0.15) is 35.4 Å². The zero-order valence-corrected chi connectivity index (χ0v) is 10.7.